The van der Waals surface area contributed by atoms with Crippen LogP contribution in [0.25, 0.3) is 0 Å². The molecular formula is C13H17BrClNO2. The number of alkyl halides is 1. The van der Waals surface area contributed by atoms with E-state index in [4.69, 9.17) is 11.6 Å². The van der Waals surface area contributed by atoms with Gasteiger partial charge in [0.2, 0.25) is 0 Å². The number of carbonyl (C=O) groups is 1. The van der Waals surface area contributed by atoms with Crippen LogP contribution in [0.2, 0.25) is 0 Å². The van der Waals surface area contributed by atoms with Crippen LogP contribution in [0, 0.1) is 5.41 Å². The summed E-state index contributed by atoms with van der Waals surface area (Å²) in [4.78, 5) is 11.9. The van der Waals surface area contributed by atoms with Crippen LogP contribution in [0.15, 0.2) is 22.7 Å². The van der Waals surface area contributed by atoms with Crippen molar-refractivity contribution < 1.29 is 9.90 Å². The highest BCUT2D eigenvalue weighted by Gasteiger charge is 2.18. The molecule has 0 aliphatic carbocycles. The number of halogens is 2. The molecular weight excluding hydrogens is 318 g/mol. The number of carbonyl (C=O) groups excluding carboxylic acids is 1. The van der Waals surface area contributed by atoms with Crippen LogP contribution in [0.3, 0.4) is 0 Å². The molecule has 1 aromatic rings. The Morgan fingerprint density at radius 1 is 1.50 bits per heavy atom. The van der Waals surface area contributed by atoms with E-state index >= 15 is 0 Å². The summed E-state index contributed by atoms with van der Waals surface area (Å²) in [7, 11) is 0. The van der Waals surface area contributed by atoms with Gasteiger partial charge in [0.05, 0.1) is 4.47 Å². The predicted octanol–water partition coefficient (Wildman–Crippen LogP) is 3.54. The van der Waals surface area contributed by atoms with Crippen molar-refractivity contribution in [3.8, 4) is 5.75 Å². The average molecular weight is 335 g/mol. The van der Waals surface area contributed by atoms with Gasteiger partial charge < -0.3 is 10.4 Å². The maximum absolute atomic E-state index is 11.9. The molecule has 0 saturated carbocycles. The molecule has 0 unspecified atom stereocenters. The van der Waals surface area contributed by atoms with Gasteiger partial charge in [-0.1, -0.05) is 13.8 Å². The highest BCUT2D eigenvalue weighted by atomic mass is 79.9. The van der Waals surface area contributed by atoms with Crippen LogP contribution in [0.1, 0.15) is 30.6 Å². The van der Waals surface area contributed by atoms with Crippen LogP contribution in [-0.2, 0) is 0 Å². The van der Waals surface area contributed by atoms with Gasteiger partial charge in [-0.15, -0.1) is 11.6 Å². The van der Waals surface area contributed by atoms with Crippen LogP contribution in [0.5, 0.6) is 5.75 Å². The minimum Gasteiger partial charge on any atom is -0.507 e. The van der Waals surface area contributed by atoms with Crippen LogP contribution in [0.4, 0.5) is 0 Å². The smallest absolute Gasteiger partial charge is 0.251 e. The van der Waals surface area contributed by atoms with Gasteiger partial charge in [-0.25, -0.2) is 0 Å². The molecule has 3 nitrogen and oxygen atoms in total. The number of aromatic hydroxyl groups is 1. The second kappa shape index (κ2) is 6.43. The van der Waals surface area contributed by atoms with Gasteiger partial charge in [0.15, 0.2) is 0 Å². The average Bonchev–Trinajstić information content (AvgIpc) is 2.30. The molecule has 1 rings (SSSR count). The van der Waals surface area contributed by atoms with Crippen molar-refractivity contribution in [1.82, 2.24) is 5.32 Å². The van der Waals surface area contributed by atoms with Crippen LogP contribution < -0.4 is 5.32 Å². The molecule has 18 heavy (non-hydrogen) atoms. The first-order valence-corrected chi connectivity index (χ1v) is 7.01. The second-order valence-electron chi connectivity index (χ2n) is 4.95. The zero-order valence-electron chi connectivity index (χ0n) is 10.5. The zero-order valence-corrected chi connectivity index (χ0v) is 12.8. The molecule has 0 bridgehead atoms. The molecule has 0 heterocycles. The molecule has 100 valence electrons. The Labute approximate surface area is 121 Å². The Bertz CT molecular complexity index is 435. The molecule has 0 fully saturated rings. The van der Waals surface area contributed by atoms with E-state index in [-0.39, 0.29) is 17.1 Å². The van der Waals surface area contributed by atoms with Crippen LogP contribution >= 0.6 is 27.5 Å². The normalized spacial score (nSPS) is 11.3. The van der Waals surface area contributed by atoms with Gasteiger partial charge in [0.1, 0.15) is 5.75 Å². The number of hydrogen-bond acceptors (Lipinski definition) is 2. The van der Waals surface area contributed by atoms with Crippen molar-refractivity contribution >= 4 is 33.4 Å². The summed E-state index contributed by atoms with van der Waals surface area (Å²) in [5.41, 5.74) is 0.409. The summed E-state index contributed by atoms with van der Waals surface area (Å²) in [5.74, 6) is 0.435. The zero-order chi connectivity index (χ0) is 13.8. The van der Waals surface area contributed by atoms with Gasteiger partial charge in [-0.3, -0.25) is 4.79 Å². The third-order valence-corrected chi connectivity index (χ3v) is 3.57. The molecule has 0 aliphatic heterocycles. The first-order chi connectivity index (χ1) is 8.35. The van der Waals surface area contributed by atoms with E-state index in [1.165, 1.54) is 6.07 Å². The van der Waals surface area contributed by atoms with E-state index < -0.39 is 0 Å². The number of nitrogens with one attached hydrogen (secondary N) is 1. The fourth-order valence-corrected chi connectivity index (χ4v) is 2.18. The lowest BCUT2D eigenvalue weighted by Gasteiger charge is -2.23. The summed E-state index contributed by atoms with van der Waals surface area (Å²) < 4.78 is 0.571. The molecule has 5 heteroatoms. The first-order valence-electron chi connectivity index (χ1n) is 5.68. The van der Waals surface area contributed by atoms with Gasteiger partial charge in [-0.05, 0) is 46.0 Å². The Balaban J connectivity index is 2.63. The van der Waals surface area contributed by atoms with E-state index in [2.05, 4.69) is 35.1 Å². The molecule has 0 aliphatic rings. The van der Waals surface area contributed by atoms with Gasteiger partial charge in [-0.2, -0.15) is 0 Å². The summed E-state index contributed by atoms with van der Waals surface area (Å²) in [5, 5.41) is 12.4. The lowest BCUT2D eigenvalue weighted by molar-refractivity contribution is 0.0935. The van der Waals surface area contributed by atoms with Crippen molar-refractivity contribution in [2.45, 2.75) is 20.3 Å². The highest BCUT2D eigenvalue weighted by Crippen LogP contribution is 2.24. The van der Waals surface area contributed by atoms with E-state index in [1.807, 2.05) is 0 Å². The topological polar surface area (TPSA) is 49.3 Å². The fourth-order valence-electron chi connectivity index (χ4n) is 1.42. The Morgan fingerprint density at radius 3 is 2.72 bits per heavy atom. The molecule has 0 spiro atoms. The predicted molar refractivity (Wildman–Crippen MR) is 77.3 cm³/mol. The minimum atomic E-state index is -0.194. The summed E-state index contributed by atoms with van der Waals surface area (Å²) in [6.45, 7) is 4.65. The second-order valence-corrected chi connectivity index (χ2v) is 6.18. The SMILES string of the molecule is CC(C)(CCCl)CNC(=O)c1ccc(Br)c(O)c1. The monoisotopic (exact) mass is 333 g/mol. The number of phenols is 1. The van der Waals surface area contributed by atoms with Crippen molar-refractivity contribution in [3.05, 3.63) is 28.2 Å². The number of phenolic OH excluding ortho intramolecular Hbond substituents is 1. The Morgan fingerprint density at radius 2 is 2.17 bits per heavy atom. The third kappa shape index (κ3) is 4.50. The Kier molecular flexibility index (Phi) is 5.47. The van der Waals surface area contributed by atoms with Crippen molar-refractivity contribution in [1.29, 1.82) is 0 Å². The van der Waals surface area contributed by atoms with Crippen molar-refractivity contribution in [3.63, 3.8) is 0 Å². The summed E-state index contributed by atoms with van der Waals surface area (Å²) in [6, 6.07) is 4.75. The third-order valence-electron chi connectivity index (χ3n) is 2.71. The summed E-state index contributed by atoms with van der Waals surface area (Å²) in [6.07, 6.45) is 0.834. The van der Waals surface area contributed by atoms with Crippen molar-refractivity contribution in [2.75, 3.05) is 12.4 Å². The molecule has 0 saturated heterocycles. The van der Waals surface area contributed by atoms with Gasteiger partial charge >= 0.3 is 0 Å². The maximum Gasteiger partial charge on any atom is 0.251 e. The standard InChI is InChI=1S/C13H17BrClNO2/c1-13(2,5-6-15)8-16-12(18)9-3-4-10(14)11(17)7-9/h3-4,7,17H,5-6,8H2,1-2H3,(H,16,18). The minimum absolute atomic E-state index is 0.0329. The summed E-state index contributed by atoms with van der Waals surface area (Å²) >= 11 is 8.88. The van der Waals surface area contributed by atoms with E-state index in [9.17, 15) is 9.90 Å². The van der Waals surface area contributed by atoms with E-state index in [0.717, 1.165) is 6.42 Å². The van der Waals surface area contributed by atoms with Crippen LogP contribution in [-0.4, -0.2) is 23.4 Å². The molecule has 0 radical (unpaired) electrons. The largest absolute Gasteiger partial charge is 0.507 e. The maximum atomic E-state index is 11.9. The van der Waals surface area contributed by atoms with Gasteiger partial charge in [0, 0.05) is 18.0 Å². The number of benzene rings is 1. The highest BCUT2D eigenvalue weighted by molar-refractivity contribution is 9.10. The number of rotatable bonds is 5. The molecule has 0 aromatic heterocycles. The number of hydrogen-bond donors (Lipinski definition) is 2. The number of amides is 1. The molecule has 1 amide bonds. The fraction of sp³-hybridized carbons (Fsp3) is 0.462. The van der Waals surface area contributed by atoms with E-state index in [1.54, 1.807) is 12.1 Å². The molecule has 1 aromatic carbocycles. The van der Waals surface area contributed by atoms with Gasteiger partial charge in [0.25, 0.3) is 5.91 Å². The van der Waals surface area contributed by atoms with E-state index in [0.29, 0.717) is 22.5 Å². The van der Waals surface area contributed by atoms with Crippen molar-refractivity contribution in [2.24, 2.45) is 5.41 Å². The molecule has 0 atom stereocenters. The quantitative estimate of drug-likeness (QED) is 0.809. The lowest BCUT2D eigenvalue weighted by atomic mass is 9.90. The lowest BCUT2D eigenvalue weighted by Crippen LogP contribution is -2.34. The first kappa shape index (κ1) is 15.3. The Hall–Kier alpha value is -0.740. The molecule has 2 N–H and O–H groups in total.